The van der Waals surface area contributed by atoms with Gasteiger partial charge in [0.25, 0.3) is 0 Å². The molecule has 4 rings (SSSR count). The Morgan fingerprint density at radius 2 is 1.76 bits per heavy atom. The van der Waals surface area contributed by atoms with Gasteiger partial charge in [-0.15, -0.1) is 0 Å². The van der Waals surface area contributed by atoms with Gasteiger partial charge in [-0.2, -0.15) is 0 Å². The number of aliphatic hydroxyl groups is 2. The molecule has 0 saturated carbocycles. The highest BCUT2D eigenvalue weighted by Gasteiger charge is 2.33. The van der Waals surface area contributed by atoms with E-state index in [1.54, 1.807) is 32.0 Å². The fourth-order valence-corrected chi connectivity index (χ4v) is 5.02. The lowest BCUT2D eigenvalue weighted by molar-refractivity contribution is 0.0285. The average molecular weight is 540 g/mol. The number of anilines is 1. The summed E-state index contributed by atoms with van der Waals surface area (Å²) in [4.78, 5) is 8.02. The van der Waals surface area contributed by atoms with Crippen molar-refractivity contribution in [2.24, 2.45) is 0 Å². The molecule has 0 aliphatic carbocycles. The Balaban J connectivity index is 1.62. The SMILES string of the molecule is [C-]#[N+]c1ccc([C@H](CO)N2CCN(c3ccc(OCC(C)(C)O)cc3Cl)[C@H](c3ccc(Cl)cc3)C2)cc1. The summed E-state index contributed by atoms with van der Waals surface area (Å²) in [5.74, 6) is 0.598. The first-order chi connectivity index (χ1) is 17.7. The highest BCUT2D eigenvalue weighted by Crippen LogP contribution is 2.39. The van der Waals surface area contributed by atoms with Crippen molar-refractivity contribution in [3.8, 4) is 5.75 Å². The third-order valence-corrected chi connectivity index (χ3v) is 7.06. The minimum atomic E-state index is -0.944. The van der Waals surface area contributed by atoms with Gasteiger partial charge in [0.2, 0.25) is 0 Å². The van der Waals surface area contributed by atoms with E-state index in [-0.39, 0.29) is 25.3 Å². The topological polar surface area (TPSA) is 60.5 Å². The molecule has 0 unspecified atom stereocenters. The molecule has 1 saturated heterocycles. The van der Waals surface area contributed by atoms with Gasteiger partial charge in [-0.3, -0.25) is 4.90 Å². The first kappa shape index (κ1) is 27.3. The number of piperazine rings is 1. The van der Waals surface area contributed by atoms with Crippen LogP contribution in [0.5, 0.6) is 5.75 Å². The minimum absolute atomic E-state index is 0.0291. The Morgan fingerprint density at radius 3 is 2.35 bits per heavy atom. The molecule has 194 valence electrons. The lowest BCUT2D eigenvalue weighted by Gasteiger charge is -2.46. The molecule has 0 aromatic heterocycles. The minimum Gasteiger partial charge on any atom is -0.491 e. The van der Waals surface area contributed by atoms with E-state index in [1.165, 1.54) is 0 Å². The number of hydrogen-bond acceptors (Lipinski definition) is 5. The average Bonchev–Trinajstić information content (AvgIpc) is 2.88. The van der Waals surface area contributed by atoms with E-state index < -0.39 is 5.60 Å². The third kappa shape index (κ3) is 6.75. The lowest BCUT2D eigenvalue weighted by atomic mass is 9.98. The van der Waals surface area contributed by atoms with Crippen LogP contribution in [0.4, 0.5) is 11.4 Å². The van der Waals surface area contributed by atoms with Gasteiger partial charge in [-0.1, -0.05) is 59.6 Å². The van der Waals surface area contributed by atoms with Crippen LogP contribution in [-0.4, -0.2) is 53.6 Å². The maximum atomic E-state index is 10.3. The quantitative estimate of drug-likeness (QED) is 0.329. The van der Waals surface area contributed by atoms with Crippen molar-refractivity contribution < 1.29 is 14.9 Å². The molecule has 0 spiro atoms. The van der Waals surface area contributed by atoms with Crippen LogP contribution >= 0.6 is 23.2 Å². The number of aliphatic hydroxyl groups excluding tert-OH is 1. The van der Waals surface area contributed by atoms with Crippen LogP contribution < -0.4 is 9.64 Å². The predicted molar refractivity (Wildman–Crippen MR) is 149 cm³/mol. The normalized spacial score (nSPS) is 17.3. The van der Waals surface area contributed by atoms with E-state index >= 15 is 0 Å². The van der Waals surface area contributed by atoms with E-state index in [9.17, 15) is 10.2 Å². The first-order valence-corrected chi connectivity index (χ1v) is 12.9. The summed E-state index contributed by atoms with van der Waals surface area (Å²) in [5, 5.41) is 21.5. The molecule has 2 N–H and O–H groups in total. The van der Waals surface area contributed by atoms with Crippen molar-refractivity contribution in [2.75, 3.05) is 37.7 Å². The molecule has 37 heavy (non-hydrogen) atoms. The van der Waals surface area contributed by atoms with Crippen LogP contribution in [0, 0.1) is 6.57 Å². The number of halogens is 2. The van der Waals surface area contributed by atoms with Gasteiger partial charge in [0.15, 0.2) is 5.69 Å². The second-order valence-corrected chi connectivity index (χ2v) is 10.7. The Morgan fingerprint density at radius 1 is 1.05 bits per heavy atom. The van der Waals surface area contributed by atoms with Gasteiger partial charge in [-0.05, 0) is 49.2 Å². The fourth-order valence-electron chi connectivity index (χ4n) is 4.62. The molecule has 0 radical (unpaired) electrons. The van der Waals surface area contributed by atoms with E-state index in [0.717, 1.165) is 16.8 Å². The summed E-state index contributed by atoms with van der Waals surface area (Å²) in [6, 6.07) is 20.6. The summed E-state index contributed by atoms with van der Waals surface area (Å²) in [6.07, 6.45) is 0. The summed E-state index contributed by atoms with van der Waals surface area (Å²) in [5.41, 5.74) is 2.59. The van der Waals surface area contributed by atoms with Crippen molar-refractivity contribution in [3.05, 3.63) is 99.3 Å². The zero-order chi connectivity index (χ0) is 26.6. The van der Waals surface area contributed by atoms with Crippen LogP contribution in [0.1, 0.15) is 37.1 Å². The van der Waals surface area contributed by atoms with Crippen LogP contribution in [-0.2, 0) is 0 Å². The van der Waals surface area contributed by atoms with Gasteiger partial charge in [-0.25, -0.2) is 4.85 Å². The molecule has 6 nitrogen and oxygen atoms in total. The van der Waals surface area contributed by atoms with Gasteiger partial charge in [0.05, 0.1) is 41.6 Å². The predicted octanol–water partition coefficient (Wildman–Crippen LogP) is 6.29. The molecular formula is C29H31Cl2N3O3. The van der Waals surface area contributed by atoms with E-state index in [2.05, 4.69) is 14.6 Å². The van der Waals surface area contributed by atoms with Crippen LogP contribution in [0.3, 0.4) is 0 Å². The molecule has 8 heteroatoms. The third-order valence-electron chi connectivity index (χ3n) is 6.51. The zero-order valence-corrected chi connectivity index (χ0v) is 22.5. The largest absolute Gasteiger partial charge is 0.491 e. The van der Waals surface area contributed by atoms with Crippen molar-refractivity contribution in [1.29, 1.82) is 0 Å². The molecule has 1 heterocycles. The van der Waals surface area contributed by atoms with Gasteiger partial charge in [0, 0.05) is 30.7 Å². The molecule has 1 aliphatic heterocycles. The molecule has 1 fully saturated rings. The molecule has 0 amide bonds. The lowest BCUT2D eigenvalue weighted by Crippen LogP contribution is -2.50. The van der Waals surface area contributed by atoms with Crippen LogP contribution in [0.25, 0.3) is 4.85 Å². The van der Waals surface area contributed by atoms with E-state index in [0.29, 0.717) is 41.1 Å². The van der Waals surface area contributed by atoms with Crippen LogP contribution in [0.2, 0.25) is 10.0 Å². The Bertz CT molecular complexity index is 1240. The number of ether oxygens (including phenoxy) is 1. The van der Waals surface area contributed by atoms with E-state index in [4.69, 9.17) is 34.5 Å². The number of benzene rings is 3. The summed E-state index contributed by atoms with van der Waals surface area (Å²) < 4.78 is 5.72. The number of hydrogen-bond donors (Lipinski definition) is 2. The molecule has 3 aromatic carbocycles. The summed E-state index contributed by atoms with van der Waals surface area (Å²) >= 11 is 12.9. The standard InChI is InChI=1S/C29H31Cl2N3O3/c1-29(2,36)19-37-24-12-13-26(25(31)16-24)34-15-14-33(17-27(34)20-4-8-22(30)9-5-20)28(18-35)21-6-10-23(32-3)11-7-21/h4-13,16,27-28,35-36H,14-15,17-19H2,1-2H3/t27-,28-/m0/s1. The van der Waals surface area contributed by atoms with Crippen molar-refractivity contribution >= 4 is 34.6 Å². The Hall–Kier alpha value is -2.79. The highest BCUT2D eigenvalue weighted by atomic mass is 35.5. The molecule has 3 aromatic rings. The molecule has 0 bridgehead atoms. The second-order valence-electron chi connectivity index (χ2n) is 9.87. The molecule has 1 aliphatic rings. The number of nitrogens with zero attached hydrogens (tertiary/aromatic N) is 3. The monoisotopic (exact) mass is 539 g/mol. The Kier molecular flexibility index (Phi) is 8.63. The van der Waals surface area contributed by atoms with Crippen molar-refractivity contribution in [1.82, 2.24) is 4.90 Å². The smallest absolute Gasteiger partial charge is 0.187 e. The van der Waals surface area contributed by atoms with Gasteiger partial charge in [0.1, 0.15) is 12.4 Å². The summed E-state index contributed by atoms with van der Waals surface area (Å²) in [6.45, 7) is 12.8. The van der Waals surface area contributed by atoms with E-state index in [1.807, 2.05) is 48.5 Å². The molecule has 2 atom stereocenters. The fraction of sp³-hybridized carbons (Fsp3) is 0.345. The zero-order valence-electron chi connectivity index (χ0n) is 20.9. The first-order valence-electron chi connectivity index (χ1n) is 12.2. The van der Waals surface area contributed by atoms with Crippen molar-refractivity contribution in [2.45, 2.75) is 31.5 Å². The van der Waals surface area contributed by atoms with Crippen LogP contribution in [0.15, 0.2) is 66.7 Å². The van der Waals surface area contributed by atoms with Crippen molar-refractivity contribution in [3.63, 3.8) is 0 Å². The summed E-state index contributed by atoms with van der Waals surface area (Å²) in [7, 11) is 0. The highest BCUT2D eigenvalue weighted by molar-refractivity contribution is 6.33. The Labute approximate surface area is 228 Å². The van der Waals surface area contributed by atoms with Gasteiger partial charge >= 0.3 is 0 Å². The molecular weight excluding hydrogens is 509 g/mol. The maximum Gasteiger partial charge on any atom is 0.187 e. The second kappa shape index (κ2) is 11.7. The number of rotatable bonds is 8. The maximum absolute atomic E-state index is 10.3. The van der Waals surface area contributed by atoms with Gasteiger partial charge < -0.3 is 19.8 Å².